The summed E-state index contributed by atoms with van der Waals surface area (Å²) < 4.78 is 2.23. The normalized spacial score (nSPS) is 11.4. The summed E-state index contributed by atoms with van der Waals surface area (Å²) in [5.74, 6) is 0.878. The second kappa shape index (κ2) is 5.37. The maximum atomic E-state index is 5.15. The predicted octanol–water partition coefficient (Wildman–Crippen LogP) is 3.15. The van der Waals surface area contributed by atoms with Crippen LogP contribution in [0, 0.1) is 11.7 Å². The van der Waals surface area contributed by atoms with Crippen molar-refractivity contribution >= 4 is 29.8 Å². The lowest BCUT2D eigenvalue weighted by Crippen LogP contribution is -1.98. The van der Waals surface area contributed by atoms with Gasteiger partial charge in [0, 0.05) is 6.42 Å². The molecule has 0 bridgehead atoms. The first-order chi connectivity index (χ1) is 8.22. The minimum absolute atomic E-state index is 0.541. The lowest BCUT2D eigenvalue weighted by Gasteiger charge is -1.97. The van der Waals surface area contributed by atoms with Crippen LogP contribution in [-0.4, -0.2) is 21.1 Å². The van der Waals surface area contributed by atoms with E-state index in [0.29, 0.717) is 4.77 Å². The average molecular weight is 266 g/mol. The van der Waals surface area contributed by atoms with E-state index in [1.807, 2.05) is 6.21 Å². The van der Waals surface area contributed by atoms with Crippen molar-refractivity contribution < 1.29 is 0 Å². The molecular formula is C11H14N4S2. The minimum Gasteiger partial charge on any atom is -0.250 e. The Morgan fingerprint density at radius 1 is 1.65 bits per heavy atom. The predicted molar refractivity (Wildman–Crippen MR) is 73.5 cm³/mol. The van der Waals surface area contributed by atoms with Crippen LogP contribution in [0.15, 0.2) is 16.5 Å². The second-order valence-electron chi connectivity index (χ2n) is 3.72. The Morgan fingerprint density at radius 2 is 2.47 bits per heavy atom. The van der Waals surface area contributed by atoms with Crippen LogP contribution in [0.2, 0.25) is 0 Å². The van der Waals surface area contributed by atoms with Gasteiger partial charge in [-0.15, -0.1) is 11.3 Å². The third-order valence-corrected chi connectivity index (χ3v) is 3.60. The molecule has 0 aliphatic heterocycles. The number of hydrogen-bond donors (Lipinski definition) is 1. The van der Waals surface area contributed by atoms with Crippen molar-refractivity contribution in [2.45, 2.75) is 26.7 Å². The van der Waals surface area contributed by atoms with Gasteiger partial charge in [-0.3, -0.25) is 5.10 Å². The number of aryl methyl sites for hydroxylation is 2. The van der Waals surface area contributed by atoms with Gasteiger partial charge in [0.25, 0.3) is 0 Å². The Labute approximate surface area is 109 Å². The van der Waals surface area contributed by atoms with Crippen LogP contribution in [0.4, 0.5) is 0 Å². The molecule has 0 fully saturated rings. The van der Waals surface area contributed by atoms with E-state index in [1.165, 1.54) is 5.56 Å². The molecule has 2 rings (SSSR count). The van der Waals surface area contributed by atoms with Crippen LogP contribution in [-0.2, 0) is 6.42 Å². The molecule has 6 heteroatoms. The van der Waals surface area contributed by atoms with Crippen LogP contribution >= 0.6 is 23.6 Å². The number of nitrogens with zero attached hydrogens (tertiary/aromatic N) is 3. The summed E-state index contributed by atoms with van der Waals surface area (Å²) in [5, 5.41) is 13.4. The molecule has 0 saturated carbocycles. The fraction of sp³-hybridized carbons (Fsp3) is 0.364. The zero-order valence-corrected chi connectivity index (χ0v) is 11.4. The Bertz CT molecular complexity index is 576. The Hall–Kier alpha value is -1.27. The summed E-state index contributed by atoms with van der Waals surface area (Å²) in [6, 6.07) is 2.08. The molecular weight excluding hydrogens is 252 g/mol. The number of thiophene rings is 1. The van der Waals surface area contributed by atoms with Crippen molar-refractivity contribution in [1.29, 1.82) is 0 Å². The fourth-order valence-corrected chi connectivity index (χ4v) is 2.43. The van der Waals surface area contributed by atoms with Gasteiger partial charge in [-0.05, 0) is 42.6 Å². The summed E-state index contributed by atoms with van der Waals surface area (Å²) >= 11 is 6.82. The minimum atomic E-state index is 0.541. The van der Waals surface area contributed by atoms with Gasteiger partial charge in [0.2, 0.25) is 4.77 Å². The van der Waals surface area contributed by atoms with Crippen molar-refractivity contribution in [3.63, 3.8) is 0 Å². The quantitative estimate of drug-likeness (QED) is 0.682. The number of nitrogens with one attached hydrogen (secondary N) is 1. The zero-order valence-electron chi connectivity index (χ0n) is 9.80. The number of aromatic nitrogens is 3. The van der Waals surface area contributed by atoms with Gasteiger partial charge < -0.3 is 0 Å². The molecule has 4 nitrogen and oxygen atoms in total. The highest BCUT2D eigenvalue weighted by molar-refractivity contribution is 7.71. The lowest BCUT2D eigenvalue weighted by molar-refractivity contribution is 0.740. The van der Waals surface area contributed by atoms with E-state index < -0.39 is 0 Å². The van der Waals surface area contributed by atoms with Crippen LogP contribution < -0.4 is 0 Å². The van der Waals surface area contributed by atoms with Gasteiger partial charge in [0.05, 0.1) is 11.1 Å². The molecule has 2 aromatic rings. The first kappa shape index (κ1) is 12.2. The number of hydrogen-bond acceptors (Lipinski definition) is 4. The SMILES string of the molecule is CCCc1n[nH]c(=S)n1N=Cc1sccc1C. The third kappa shape index (κ3) is 2.70. The van der Waals surface area contributed by atoms with Gasteiger partial charge in [-0.25, -0.2) is 0 Å². The van der Waals surface area contributed by atoms with Gasteiger partial charge in [0.1, 0.15) is 0 Å². The van der Waals surface area contributed by atoms with E-state index in [9.17, 15) is 0 Å². The molecule has 2 heterocycles. The monoisotopic (exact) mass is 266 g/mol. The van der Waals surface area contributed by atoms with E-state index in [0.717, 1.165) is 23.5 Å². The zero-order chi connectivity index (χ0) is 12.3. The fourth-order valence-electron chi connectivity index (χ4n) is 1.46. The summed E-state index contributed by atoms with van der Waals surface area (Å²) in [4.78, 5) is 1.15. The van der Waals surface area contributed by atoms with Crippen molar-refractivity contribution in [3.8, 4) is 0 Å². The van der Waals surface area contributed by atoms with Crippen molar-refractivity contribution in [1.82, 2.24) is 14.9 Å². The van der Waals surface area contributed by atoms with E-state index in [4.69, 9.17) is 12.2 Å². The molecule has 1 N–H and O–H groups in total. The van der Waals surface area contributed by atoms with Crippen LogP contribution in [0.25, 0.3) is 0 Å². The maximum absolute atomic E-state index is 5.15. The van der Waals surface area contributed by atoms with Gasteiger partial charge in [-0.2, -0.15) is 14.9 Å². The van der Waals surface area contributed by atoms with Crippen molar-refractivity contribution in [3.05, 3.63) is 32.5 Å². The Morgan fingerprint density at radius 3 is 3.12 bits per heavy atom. The number of rotatable bonds is 4. The molecule has 90 valence electrons. The highest BCUT2D eigenvalue weighted by Crippen LogP contribution is 2.13. The Balaban J connectivity index is 2.29. The molecule has 0 aliphatic rings. The van der Waals surface area contributed by atoms with Crippen molar-refractivity contribution in [2.24, 2.45) is 5.10 Å². The molecule has 0 radical (unpaired) electrons. The van der Waals surface area contributed by atoms with E-state index in [-0.39, 0.29) is 0 Å². The Kier molecular flexibility index (Phi) is 3.86. The molecule has 0 spiro atoms. The van der Waals surface area contributed by atoms with E-state index in [1.54, 1.807) is 16.0 Å². The van der Waals surface area contributed by atoms with Crippen molar-refractivity contribution in [2.75, 3.05) is 0 Å². The second-order valence-corrected chi connectivity index (χ2v) is 5.05. The summed E-state index contributed by atoms with van der Waals surface area (Å²) in [6.45, 7) is 4.18. The highest BCUT2D eigenvalue weighted by atomic mass is 32.1. The van der Waals surface area contributed by atoms with E-state index >= 15 is 0 Å². The van der Waals surface area contributed by atoms with Crippen LogP contribution in [0.5, 0.6) is 0 Å². The molecule has 0 amide bonds. The lowest BCUT2D eigenvalue weighted by atomic mass is 10.3. The standard InChI is InChI=1S/C11H14N4S2/c1-3-4-10-13-14-11(16)15(10)12-7-9-8(2)5-6-17-9/h5-7H,3-4H2,1-2H3,(H,14,16). The molecule has 2 aromatic heterocycles. The van der Waals surface area contributed by atoms with Gasteiger partial charge in [0.15, 0.2) is 5.82 Å². The molecule has 0 aromatic carbocycles. The smallest absolute Gasteiger partial charge is 0.216 e. The molecule has 0 saturated heterocycles. The first-order valence-electron chi connectivity index (χ1n) is 5.47. The molecule has 17 heavy (non-hydrogen) atoms. The average Bonchev–Trinajstić information content (AvgIpc) is 2.85. The largest absolute Gasteiger partial charge is 0.250 e. The molecule has 0 unspecified atom stereocenters. The van der Waals surface area contributed by atoms with Gasteiger partial charge in [-0.1, -0.05) is 6.92 Å². The molecule has 0 aliphatic carbocycles. The first-order valence-corrected chi connectivity index (χ1v) is 6.76. The van der Waals surface area contributed by atoms with Crippen LogP contribution in [0.1, 0.15) is 29.6 Å². The highest BCUT2D eigenvalue weighted by Gasteiger charge is 2.03. The maximum Gasteiger partial charge on any atom is 0.216 e. The van der Waals surface area contributed by atoms with Gasteiger partial charge >= 0.3 is 0 Å². The number of aromatic amines is 1. The summed E-state index contributed by atoms with van der Waals surface area (Å²) in [5.41, 5.74) is 1.23. The number of H-pyrrole nitrogens is 1. The van der Waals surface area contributed by atoms with E-state index in [2.05, 4.69) is 40.6 Å². The molecule has 0 atom stereocenters. The summed E-state index contributed by atoms with van der Waals surface area (Å²) in [7, 11) is 0. The van der Waals surface area contributed by atoms with Crippen LogP contribution in [0.3, 0.4) is 0 Å². The summed E-state index contributed by atoms with van der Waals surface area (Å²) in [6.07, 6.45) is 3.73. The third-order valence-electron chi connectivity index (χ3n) is 2.38. The topological polar surface area (TPSA) is 46.0 Å².